The fraction of sp³-hybridized carbons (Fsp3) is 0.500. The van der Waals surface area contributed by atoms with Gasteiger partial charge in [0.25, 0.3) is 5.91 Å². The smallest absolute Gasteiger partial charge is 0.305 e. The van der Waals surface area contributed by atoms with E-state index >= 15 is 0 Å². The van der Waals surface area contributed by atoms with Gasteiger partial charge < -0.3 is 9.64 Å². The lowest BCUT2D eigenvalue weighted by atomic mass is 10.1. The Balaban J connectivity index is 2.61. The summed E-state index contributed by atoms with van der Waals surface area (Å²) in [5.41, 5.74) is 0.678. The molecule has 1 amide bonds. The molecule has 1 atom stereocenters. The van der Waals surface area contributed by atoms with E-state index in [1.807, 2.05) is 44.2 Å². The molecular formula is C16H23NO3. The number of amides is 1. The van der Waals surface area contributed by atoms with Gasteiger partial charge in [0.1, 0.15) is 0 Å². The molecule has 4 heteroatoms. The number of hydrogen-bond acceptors (Lipinski definition) is 3. The van der Waals surface area contributed by atoms with Gasteiger partial charge in [-0.15, -0.1) is 0 Å². The molecule has 0 saturated heterocycles. The summed E-state index contributed by atoms with van der Waals surface area (Å²) in [6.45, 7) is 6.72. The normalized spacial score (nSPS) is 11.8. The zero-order valence-corrected chi connectivity index (χ0v) is 12.5. The van der Waals surface area contributed by atoms with E-state index < -0.39 is 0 Å². The van der Waals surface area contributed by atoms with Crippen molar-refractivity contribution >= 4 is 11.9 Å². The van der Waals surface area contributed by atoms with E-state index in [0.717, 1.165) is 0 Å². The van der Waals surface area contributed by atoms with Gasteiger partial charge in [-0.1, -0.05) is 18.2 Å². The number of hydrogen-bond donors (Lipinski definition) is 0. The average molecular weight is 277 g/mol. The number of benzene rings is 1. The Morgan fingerprint density at radius 1 is 1.20 bits per heavy atom. The minimum atomic E-state index is -0.206. The van der Waals surface area contributed by atoms with E-state index in [1.165, 1.54) is 0 Å². The van der Waals surface area contributed by atoms with Crippen molar-refractivity contribution in [1.29, 1.82) is 0 Å². The second-order valence-electron chi connectivity index (χ2n) is 4.65. The third-order valence-corrected chi connectivity index (χ3v) is 3.23. The van der Waals surface area contributed by atoms with Gasteiger partial charge in [0, 0.05) is 24.6 Å². The summed E-state index contributed by atoms with van der Waals surface area (Å²) < 4.78 is 4.91. The predicted octanol–water partition coefficient (Wildman–Crippen LogP) is 2.88. The second-order valence-corrected chi connectivity index (χ2v) is 4.65. The monoisotopic (exact) mass is 277 g/mol. The second kappa shape index (κ2) is 8.35. The molecule has 0 aliphatic rings. The lowest BCUT2D eigenvalue weighted by molar-refractivity contribution is -0.143. The minimum Gasteiger partial charge on any atom is -0.466 e. The number of esters is 1. The van der Waals surface area contributed by atoms with E-state index in [9.17, 15) is 9.59 Å². The van der Waals surface area contributed by atoms with Crippen molar-refractivity contribution in [1.82, 2.24) is 4.90 Å². The molecule has 0 aliphatic heterocycles. The van der Waals surface area contributed by atoms with Crippen LogP contribution in [0.15, 0.2) is 30.3 Å². The van der Waals surface area contributed by atoms with Crippen molar-refractivity contribution in [3.8, 4) is 0 Å². The van der Waals surface area contributed by atoms with Gasteiger partial charge in [0.2, 0.25) is 0 Å². The van der Waals surface area contributed by atoms with Crippen molar-refractivity contribution in [2.45, 2.75) is 39.7 Å². The lowest BCUT2D eigenvalue weighted by Gasteiger charge is -2.28. The van der Waals surface area contributed by atoms with Gasteiger partial charge in [-0.2, -0.15) is 0 Å². The Kier molecular flexibility index (Phi) is 6.77. The fourth-order valence-corrected chi connectivity index (χ4v) is 2.12. The maximum atomic E-state index is 12.4. The maximum absolute atomic E-state index is 12.4. The summed E-state index contributed by atoms with van der Waals surface area (Å²) in [5.74, 6) is -0.202. The summed E-state index contributed by atoms with van der Waals surface area (Å²) >= 11 is 0. The summed E-state index contributed by atoms with van der Waals surface area (Å²) in [7, 11) is 0. The van der Waals surface area contributed by atoms with Gasteiger partial charge in [0.05, 0.1) is 6.61 Å². The molecule has 0 saturated carbocycles. The van der Waals surface area contributed by atoms with Crippen LogP contribution in [0.25, 0.3) is 0 Å². The van der Waals surface area contributed by atoms with Crippen molar-refractivity contribution < 1.29 is 14.3 Å². The van der Waals surface area contributed by atoms with Gasteiger partial charge in [-0.3, -0.25) is 9.59 Å². The van der Waals surface area contributed by atoms with Crippen LogP contribution in [0, 0.1) is 0 Å². The zero-order chi connectivity index (χ0) is 15.0. The van der Waals surface area contributed by atoms with Crippen molar-refractivity contribution in [2.24, 2.45) is 0 Å². The fourth-order valence-electron chi connectivity index (χ4n) is 2.12. The van der Waals surface area contributed by atoms with Crippen LogP contribution in [0.5, 0.6) is 0 Å². The maximum Gasteiger partial charge on any atom is 0.305 e. The molecule has 0 radical (unpaired) electrons. The summed E-state index contributed by atoms with van der Waals surface area (Å²) in [6, 6.07) is 9.22. The molecule has 0 fully saturated rings. The van der Waals surface area contributed by atoms with Crippen LogP contribution in [0.1, 0.15) is 44.0 Å². The molecule has 1 aromatic carbocycles. The SMILES string of the molecule is CCOC(=O)CCC(C)N(CC)C(=O)c1ccccc1. The highest BCUT2D eigenvalue weighted by Gasteiger charge is 2.20. The zero-order valence-electron chi connectivity index (χ0n) is 12.5. The minimum absolute atomic E-state index is 0.00413. The van der Waals surface area contributed by atoms with Gasteiger partial charge in [-0.05, 0) is 39.3 Å². The quantitative estimate of drug-likeness (QED) is 0.720. The highest BCUT2D eigenvalue weighted by atomic mass is 16.5. The first-order valence-electron chi connectivity index (χ1n) is 7.11. The summed E-state index contributed by atoms with van der Waals surface area (Å²) in [5, 5.41) is 0. The molecular weight excluding hydrogens is 254 g/mol. The van der Waals surface area contributed by atoms with E-state index in [1.54, 1.807) is 11.8 Å². The number of nitrogens with zero attached hydrogens (tertiary/aromatic N) is 1. The Morgan fingerprint density at radius 3 is 2.40 bits per heavy atom. The van der Waals surface area contributed by atoms with Crippen LogP contribution >= 0.6 is 0 Å². The molecule has 0 heterocycles. The molecule has 0 spiro atoms. The molecule has 1 rings (SSSR count). The Labute approximate surface area is 120 Å². The Bertz CT molecular complexity index is 431. The van der Waals surface area contributed by atoms with Gasteiger partial charge in [0.15, 0.2) is 0 Å². The average Bonchev–Trinajstić information content (AvgIpc) is 2.47. The first kappa shape index (κ1) is 16.2. The van der Waals surface area contributed by atoms with Crippen LogP contribution in [-0.4, -0.2) is 36.0 Å². The topological polar surface area (TPSA) is 46.6 Å². The highest BCUT2D eigenvalue weighted by molar-refractivity contribution is 5.94. The van der Waals surface area contributed by atoms with Crippen LogP contribution in [0.2, 0.25) is 0 Å². The number of carbonyl (C=O) groups is 2. The third kappa shape index (κ3) is 4.68. The standard InChI is InChI=1S/C16H23NO3/c1-4-17(13(3)11-12-15(18)20-5-2)16(19)14-9-7-6-8-10-14/h6-10,13H,4-5,11-12H2,1-3H3. The lowest BCUT2D eigenvalue weighted by Crippen LogP contribution is -2.38. The summed E-state index contributed by atoms with van der Waals surface area (Å²) in [6.07, 6.45) is 0.957. The van der Waals surface area contributed by atoms with E-state index in [0.29, 0.717) is 31.6 Å². The Morgan fingerprint density at radius 2 is 1.85 bits per heavy atom. The third-order valence-electron chi connectivity index (χ3n) is 3.23. The van der Waals surface area contributed by atoms with E-state index in [4.69, 9.17) is 4.74 Å². The van der Waals surface area contributed by atoms with Crippen LogP contribution in [-0.2, 0) is 9.53 Å². The van der Waals surface area contributed by atoms with Gasteiger partial charge >= 0.3 is 5.97 Å². The molecule has 20 heavy (non-hydrogen) atoms. The van der Waals surface area contributed by atoms with Crippen LogP contribution in [0.4, 0.5) is 0 Å². The molecule has 1 aromatic rings. The summed E-state index contributed by atoms with van der Waals surface area (Å²) in [4.78, 5) is 25.6. The molecule has 0 bridgehead atoms. The molecule has 1 unspecified atom stereocenters. The molecule has 4 nitrogen and oxygen atoms in total. The predicted molar refractivity (Wildman–Crippen MR) is 78.5 cm³/mol. The largest absolute Gasteiger partial charge is 0.466 e. The Hall–Kier alpha value is -1.84. The molecule has 110 valence electrons. The van der Waals surface area contributed by atoms with E-state index in [-0.39, 0.29) is 17.9 Å². The molecule has 0 N–H and O–H groups in total. The molecule has 0 aromatic heterocycles. The highest BCUT2D eigenvalue weighted by Crippen LogP contribution is 2.12. The van der Waals surface area contributed by atoms with Crippen LogP contribution in [0.3, 0.4) is 0 Å². The van der Waals surface area contributed by atoms with Crippen molar-refractivity contribution in [3.63, 3.8) is 0 Å². The van der Waals surface area contributed by atoms with Crippen molar-refractivity contribution in [2.75, 3.05) is 13.2 Å². The number of rotatable bonds is 7. The van der Waals surface area contributed by atoms with E-state index in [2.05, 4.69) is 0 Å². The van der Waals surface area contributed by atoms with Crippen molar-refractivity contribution in [3.05, 3.63) is 35.9 Å². The first-order chi connectivity index (χ1) is 9.60. The number of carbonyl (C=O) groups excluding carboxylic acids is 2. The first-order valence-corrected chi connectivity index (χ1v) is 7.11. The van der Waals surface area contributed by atoms with Gasteiger partial charge in [-0.25, -0.2) is 0 Å². The van der Waals surface area contributed by atoms with Crippen LogP contribution < -0.4 is 0 Å². The number of ether oxygens (including phenoxy) is 1. The molecule has 0 aliphatic carbocycles.